The molecule has 0 aliphatic rings. The van der Waals surface area contributed by atoms with E-state index >= 15 is 0 Å². The van der Waals surface area contributed by atoms with E-state index in [0.717, 1.165) is 9.13 Å². The molecule has 1 aromatic rings. The van der Waals surface area contributed by atoms with Crippen LogP contribution >= 0.6 is 22.6 Å². The monoisotopic (exact) mass is 287 g/mol. The van der Waals surface area contributed by atoms with E-state index in [2.05, 4.69) is 28.7 Å². The summed E-state index contributed by atoms with van der Waals surface area (Å²) in [4.78, 5) is 0. The number of halogens is 1. The van der Waals surface area contributed by atoms with E-state index in [4.69, 9.17) is 10.4 Å². The largest absolute Gasteiger partial charge is 0.396 e. The van der Waals surface area contributed by atoms with Gasteiger partial charge in [-0.1, -0.05) is 6.92 Å². The van der Waals surface area contributed by atoms with Crippen LogP contribution in [0.1, 0.15) is 24.0 Å². The number of aliphatic hydroxyl groups is 1. The molecule has 13 heavy (non-hydrogen) atoms. The molecule has 0 radical (unpaired) electrons. The van der Waals surface area contributed by atoms with E-state index in [1.807, 2.05) is 19.1 Å². The summed E-state index contributed by atoms with van der Waals surface area (Å²) >= 11 is 2.21. The normalized spacial score (nSPS) is 12.2. The average molecular weight is 287 g/mol. The van der Waals surface area contributed by atoms with Gasteiger partial charge in [0.25, 0.3) is 0 Å². The maximum Gasteiger partial charge on any atom is 0.0991 e. The lowest BCUT2D eigenvalue weighted by Gasteiger charge is -2.10. The van der Waals surface area contributed by atoms with E-state index in [9.17, 15) is 0 Å². The van der Waals surface area contributed by atoms with Crippen molar-refractivity contribution >= 4 is 22.6 Å². The predicted molar refractivity (Wildman–Crippen MR) is 59.4 cm³/mol. The highest BCUT2D eigenvalue weighted by Gasteiger charge is 2.08. The Kier molecular flexibility index (Phi) is 3.70. The van der Waals surface area contributed by atoms with Crippen LogP contribution in [-0.2, 0) is 0 Å². The molecule has 1 N–H and O–H groups in total. The highest BCUT2D eigenvalue weighted by Crippen LogP contribution is 2.22. The molecule has 1 unspecified atom stereocenters. The Morgan fingerprint density at radius 2 is 2.31 bits per heavy atom. The van der Waals surface area contributed by atoms with Gasteiger partial charge in [0.05, 0.1) is 11.6 Å². The van der Waals surface area contributed by atoms with Gasteiger partial charge in [0.15, 0.2) is 0 Å². The van der Waals surface area contributed by atoms with Gasteiger partial charge in [0.2, 0.25) is 0 Å². The fraction of sp³-hybridized carbons (Fsp3) is 0.300. The van der Waals surface area contributed by atoms with Gasteiger partial charge in [-0.25, -0.2) is 0 Å². The first-order valence-corrected chi connectivity index (χ1v) is 5.07. The van der Waals surface area contributed by atoms with E-state index < -0.39 is 0 Å². The fourth-order valence-electron chi connectivity index (χ4n) is 1.09. The highest BCUT2D eigenvalue weighted by atomic mass is 127. The van der Waals surface area contributed by atoms with Crippen LogP contribution in [0.15, 0.2) is 18.2 Å². The second-order valence-electron chi connectivity index (χ2n) is 2.93. The number of benzene rings is 1. The van der Waals surface area contributed by atoms with Crippen LogP contribution in [-0.4, -0.2) is 11.7 Å². The lowest BCUT2D eigenvalue weighted by atomic mass is 10.0. The Balaban J connectivity index is 3.12. The van der Waals surface area contributed by atoms with Crippen LogP contribution in [0.5, 0.6) is 0 Å². The summed E-state index contributed by atoms with van der Waals surface area (Å²) in [6, 6.07) is 7.61. The SMILES string of the molecule is CC(CO)c1cc(C#N)ccc1I. The minimum absolute atomic E-state index is 0.0974. The Morgan fingerprint density at radius 1 is 1.62 bits per heavy atom. The van der Waals surface area contributed by atoms with Gasteiger partial charge in [-0.2, -0.15) is 5.26 Å². The Labute approximate surface area is 91.3 Å². The van der Waals surface area contributed by atoms with Gasteiger partial charge in [0, 0.05) is 16.1 Å². The minimum atomic E-state index is 0.0974. The van der Waals surface area contributed by atoms with Crippen molar-refractivity contribution in [1.29, 1.82) is 5.26 Å². The summed E-state index contributed by atoms with van der Waals surface area (Å²) in [6.07, 6.45) is 0. The second kappa shape index (κ2) is 4.58. The number of rotatable bonds is 2. The summed E-state index contributed by atoms with van der Waals surface area (Å²) in [5, 5.41) is 17.7. The third kappa shape index (κ3) is 2.42. The van der Waals surface area contributed by atoms with E-state index in [1.54, 1.807) is 6.07 Å². The molecule has 68 valence electrons. The van der Waals surface area contributed by atoms with Gasteiger partial charge in [-0.05, 0) is 46.4 Å². The number of hydrogen-bond acceptors (Lipinski definition) is 2. The van der Waals surface area contributed by atoms with E-state index in [-0.39, 0.29) is 12.5 Å². The average Bonchev–Trinajstić information content (AvgIpc) is 2.17. The van der Waals surface area contributed by atoms with Gasteiger partial charge in [0.1, 0.15) is 0 Å². The molecular formula is C10H10INO. The molecule has 0 spiro atoms. The van der Waals surface area contributed by atoms with Crippen molar-refractivity contribution in [2.75, 3.05) is 6.61 Å². The van der Waals surface area contributed by atoms with Crippen LogP contribution in [0.2, 0.25) is 0 Å². The molecule has 1 atom stereocenters. The molecule has 1 aromatic carbocycles. The maximum absolute atomic E-state index is 8.99. The fourth-order valence-corrected chi connectivity index (χ4v) is 1.96. The van der Waals surface area contributed by atoms with Gasteiger partial charge < -0.3 is 5.11 Å². The number of nitrogens with zero attached hydrogens (tertiary/aromatic N) is 1. The number of hydrogen-bond donors (Lipinski definition) is 1. The molecule has 0 bridgehead atoms. The van der Waals surface area contributed by atoms with Crippen LogP contribution in [0.3, 0.4) is 0 Å². The zero-order valence-corrected chi connectivity index (χ0v) is 9.45. The molecule has 0 aliphatic heterocycles. The first-order valence-electron chi connectivity index (χ1n) is 3.99. The molecule has 1 rings (SSSR count). The minimum Gasteiger partial charge on any atom is -0.396 e. The van der Waals surface area contributed by atoms with Crippen LogP contribution in [0.4, 0.5) is 0 Å². The van der Waals surface area contributed by atoms with Crippen LogP contribution in [0, 0.1) is 14.9 Å². The number of aliphatic hydroxyl groups excluding tert-OH is 1. The Bertz CT molecular complexity index is 343. The molecule has 0 aromatic heterocycles. The molecule has 0 aliphatic carbocycles. The maximum atomic E-state index is 8.99. The van der Waals surface area contributed by atoms with Gasteiger partial charge in [-0.3, -0.25) is 0 Å². The predicted octanol–water partition coefficient (Wildman–Crippen LogP) is 2.26. The summed E-state index contributed by atoms with van der Waals surface area (Å²) < 4.78 is 1.10. The summed E-state index contributed by atoms with van der Waals surface area (Å²) in [5.74, 6) is 0.0974. The van der Waals surface area contributed by atoms with Crippen molar-refractivity contribution in [1.82, 2.24) is 0 Å². The third-order valence-electron chi connectivity index (χ3n) is 1.93. The molecule has 0 saturated carbocycles. The summed E-state index contributed by atoms with van der Waals surface area (Å²) in [6.45, 7) is 2.06. The van der Waals surface area contributed by atoms with Crippen molar-refractivity contribution in [3.05, 3.63) is 32.9 Å². The zero-order chi connectivity index (χ0) is 9.84. The molecule has 0 heterocycles. The van der Waals surface area contributed by atoms with Crippen molar-refractivity contribution in [2.24, 2.45) is 0 Å². The van der Waals surface area contributed by atoms with Crippen molar-refractivity contribution in [3.8, 4) is 6.07 Å². The molecular weight excluding hydrogens is 277 g/mol. The molecule has 0 saturated heterocycles. The van der Waals surface area contributed by atoms with Crippen molar-refractivity contribution in [2.45, 2.75) is 12.8 Å². The van der Waals surface area contributed by atoms with Crippen LogP contribution < -0.4 is 0 Å². The summed E-state index contributed by atoms with van der Waals surface area (Å²) in [5.41, 5.74) is 1.69. The molecule has 0 amide bonds. The number of nitriles is 1. The highest BCUT2D eigenvalue weighted by molar-refractivity contribution is 14.1. The van der Waals surface area contributed by atoms with E-state index in [1.165, 1.54) is 0 Å². The van der Waals surface area contributed by atoms with Crippen molar-refractivity contribution < 1.29 is 5.11 Å². The Hall–Kier alpha value is -0.600. The zero-order valence-electron chi connectivity index (χ0n) is 7.29. The first-order chi connectivity index (χ1) is 6.19. The van der Waals surface area contributed by atoms with Gasteiger partial charge in [-0.15, -0.1) is 0 Å². The topological polar surface area (TPSA) is 44.0 Å². The third-order valence-corrected chi connectivity index (χ3v) is 2.91. The summed E-state index contributed by atoms with van der Waals surface area (Å²) in [7, 11) is 0. The molecule has 2 nitrogen and oxygen atoms in total. The standard InChI is InChI=1S/C10H10INO/c1-7(6-13)9-4-8(5-12)2-3-10(9)11/h2-4,7,13H,6H2,1H3. The van der Waals surface area contributed by atoms with Crippen molar-refractivity contribution in [3.63, 3.8) is 0 Å². The van der Waals surface area contributed by atoms with E-state index in [0.29, 0.717) is 5.56 Å². The lowest BCUT2D eigenvalue weighted by Crippen LogP contribution is -2.01. The first kappa shape index (κ1) is 10.5. The quantitative estimate of drug-likeness (QED) is 0.848. The lowest BCUT2D eigenvalue weighted by molar-refractivity contribution is 0.272. The smallest absolute Gasteiger partial charge is 0.0991 e. The Morgan fingerprint density at radius 3 is 2.85 bits per heavy atom. The molecule has 3 heteroatoms. The second-order valence-corrected chi connectivity index (χ2v) is 4.09. The molecule has 0 fully saturated rings. The van der Waals surface area contributed by atoms with Gasteiger partial charge >= 0.3 is 0 Å². The van der Waals surface area contributed by atoms with Crippen LogP contribution in [0.25, 0.3) is 0 Å².